The molecule has 2 aromatic heterocycles. The van der Waals surface area contributed by atoms with Crippen molar-refractivity contribution in [2.45, 2.75) is 40.0 Å². The van der Waals surface area contributed by atoms with Crippen molar-refractivity contribution in [1.29, 1.82) is 0 Å². The normalized spacial score (nSPS) is 12.7. The number of ether oxygens (including phenoxy) is 3. The maximum atomic E-state index is 11.2. The van der Waals surface area contributed by atoms with E-state index in [4.69, 9.17) is 31.5 Å². The van der Waals surface area contributed by atoms with E-state index in [0.717, 1.165) is 0 Å². The van der Waals surface area contributed by atoms with Crippen LogP contribution in [0.1, 0.15) is 27.2 Å². The van der Waals surface area contributed by atoms with Gasteiger partial charge in [0.2, 0.25) is 5.95 Å². The average Bonchev–Trinajstić information content (AvgIpc) is 2.96. The molecule has 0 radical (unpaired) electrons. The molecule has 2 rings (SSSR count). The average molecular weight is 386 g/mol. The van der Waals surface area contributed by atoms with Crippen LogP contribution in [0.5, 0.6) is 0 Å². The fourth-order valence-electron chi connectivity index (χ4n) is 2.60. The number of hydrogen-bond acceptors (Lipinski definition) is 8. The molecule has 9 nitrogen and oxygen atoms in total. The topological polar surface area (TPSA) is 114 Å². The van der Waals surface area contributed by atoms with Crippen molar-refractivity contribution in [3.8, 4) is 0 Å². The Hall–Kier alpha value is -1.97. The van der Waals surface area contributed by atoms with Crippen molar-refractivity contribution in [3.05, 3.63) is 11.5 Å². The summed E-state index contributed by atoms with van der Waals surface area (Å²) in [7, 11) is 0. The zero-order chi connectivity index (χ0) is 19.1. The third-order valence-corrected chi connectivity index (χ3v) is 3.91. The van der Waals surface area contributed by atoms with Crippen LogP contribution in [0, 0.1) is 5.92 Å². The van der Waals surface area contributed by atoms with Crippen molar-refractivity contribution in [2.75, 3.05) is 25.6 Å². The molecule has 2 heterocycles. The maximum Gasteiger partial charge on any atom is 0.302 e. The Labute approximate surface area is 156 Å². The molecule has 0 aliphatic carbocycles. The summed E-state index contributed by atoms with van der Waals surface area (Å²) >= 11 is 6.07. The van der Waals surface area contributed by atoms with Gasteiger partial charge < -0.3 is 24.5 Å². The predicted molar refractivity (Wildman–Crippen MR) is 96.5 cm³/mol. The molecule has 0 saturated carbocycles. The molecule has 26 heavy (non-hydrogen) atoms. The largest absolute Gasteiger partial charge is 0.466 e. The molecule has 0 aliphatic rings. The number of carbonyl (C=O) groups is 1. The molecule has 10 heteroatoms. The van der Waals surface area contributed by atoms with Crippen LogP contribution in [0.3, 0.4) is 0 Å². The van der Waals surface area contributed by atoms with E-state index in [9.17, 15) is 4.79 Å². The van der Waals surface area contributed by atoms with Crippen LogP contribution in [0.2, 0.25) is 5.15 Å². The van der Waals surface area contributed by atoms with Crippen LogP contribution >= 0.6 is 11.6 Å². The highest BCUT2D eigenvalue weighted by molar-refractivity contribution is 6.33. The summed E-state index contributed by atoms with van der Waals surface area (Å²) in [5, 5.41) is 0.198. The van der Waals surface area contributed by atoms with Crippen LogP contribution in [-0.2, 0) is 25.5 Å². The van der Waals surface area contributed by atoms with E-state index in [1.54, 1.807) is 6.33 Å². The molecule has 2 N–H and O–H groups in total. The number of aromatic nitrogens is 4. The summed E-state index contributed by atoms with van der Waals surface area (Å²) in [4.78, 5) is 23.6. The number of halogens is 1. The molecule has 0 spiro atoms. The summed E-state index contributed by atoms with van der Waals surface area (Å²) in [6.07, 6.45) is 1.77. The lowest BCUT2D eigenvalue weighted by Crippen LogP contribution is -2.27. The van der Waals surface area contributed by atoms with Gasteiger partial charge in [-0.05, 0) is 13.8 Å². The minimum absolute atomic E-state index is 0.0716. The summed E-state index contributed by atoms with van der Waals surface area (Å²) in [6.45, 7) is 6.93. The Kier molecular flexibility index (Phi) is 7.55. The number of nitrogens with zero attached hydrogens (tertiary/aromatic N) is 4. The van der Waals surface area contributed by atoms with Crippen molar-refractivity contribution in [2.24, 2.45) is 5.92 Å². The first-order chi connectivity index (χ1) is 12.4. The van der Waals surface area contributed by atoms with E-state index in [0.29, 0.717) is 37.3 Å². The van der Waals surface area contributed by atoms with Gasteiger partial charge in [0.25, 0.3) is 0 Å². The first-order valence-electron chi connectivity index (χ1n) is 8.44. The van der Waals surface area contributed by atoms with E-state index < -0.39 is 0 Å². The molecule has 0 fully saturated rings. The summed E-state index contributed by atoms with van der Waals surface area (Å²) < 4.78 is 18.2. The zero-order valence-corrected chi connectivity index (χ0v) is 15.9. The lowest BCUT2D eigenvalue weighted by molar-refractivity contribution is -0.156. The second-order valence-corrected chi connectivity index (χ2v) is 6.04. The summed E-state index contributed by atoms with van der Waals surface area (Å²) in [5.41, 5.74) is 6.68. The number of hydrogen-bond donors (Lipinski definition) is 1. The molecule has 0 saturated heterocycles. The Bertz CT molecular complexity index is 733. The minimum Gasteiger partial charge on any atom is -0.466 e. The highest BCUT2D eigenvalue weighted by Crippen LogP contribution is 2.22. The molecule has 0 bridgehead atoms. The van der Waals surface area contributed by atoms with Gasteiger partial charge in [-0.25, -0.2) is 4.98 Å². The van der Waals surface area contributed by atoms with E-state index >= 15 is 0 Å². The van der Waals surface area contributed by atoms with Gasteiger partial charge in [-0.3, -0.25) is 4.79 Å². The summed E-state index contributed by atoms with van der Waals surface area (Å²) in [5.74, 6) is -0.346. The van der Waals surface area contributed by atoms with Gasteiger partial charge in [0.05, 0.1) is 12.9 Å². The monoisotopic (exact) mass is 385 g/mol. The van der Waals surface area contributed by atoms with Crippen molar-refractivity contribution in [3.63, 3.8) is 0 Å². The number of imidazole rings is 1. The molecule has 0 aromatic carbocycles. The zero-order valence-electron chi connectivity index (χ0n) is 15.1. The highest BCUT2D eigenvalue weighted by Gasteiger charge is 2.21. The fraction of sp³-hybridized carbons (Fsp3) is 0.625. The lowest BCUT2D eigenvalue weighted by Gasteiger charge is -2.23. The van der Waals surface area contributed by atoms with E-state index in [1.165, 1.54) is 6.92 Å². The molecular weight excluding hydrogens is 362 g/mol. The standard InChI is InChI=1S/C16H24ClN5O4/c1-4-24-12(25-5-2)6-11(8-26-10(3)23)7-22-9-19-13-14(17)20-16(18)21-15(13)22/h9,11-12H,4-8H2,1-3H3,(H2,18,20,21). The molecule has 0 aliphatic heterocycles. The van der Waals surface area contributed by atoms with Crippen LogP contribution in [0.25, 0.3) is 11.2 Å². The quantitative estimate of drug-likeness (QED) is 0.375. The van der Waals surface area contributed by atoms with Crippen LogP contribution in [0.15, 0.2) is 6.33 Å². The molecule has 0 amide bonds. The number of esters is 1. The number of fused-ring (bicyclic) bond motifs is 1. The molecule has 1 unspecified atom stereocenters. The third kappa shape index (κ3) is 5.52. The number of carbonyl (C=O) groups excluding carboxylic acids is 1. The number of nitrogen functional groups attached to an aromatic ring is 1. The van der Waals surface area contributed by atoms with Gasteiger partial charge in [-0.15, -0.1) is 0 Å². The van der Waals surface area contributed by atoms with Crippen molar-refractivity contribution >= 4 is 34.7 Å². The van der Waals surface area contributed by atoms with Crippen LogP contribution in [-0.4, -0.2) is 51.6 Å². The predicted octanol–water partition coefficient (Wildman–Crippen LogP) is 2.03. The minimum atomic E-state index is -0.386. The van der Waals surface area contributed by atoms with Gasteiger partial charge in [0.15, 0.2) is 17.1 Å². The van der Waals surface area contributed by atoms with Gasteiger partial charge in [0.1, 0.15) is 5.52 Å². The Morgan fingerprint density at radius 2 is 2.00 bits per heavy atom. The van der Waals surface area contributed by atoms with Crippen LogP contribution in [0.4, 0.5) is 5.95 Å². The number of rotatable bonds is 10. The first kappa shape index (κ1) is 20.3. The van der Waals surface area contributed by atoms with Crippen molar-refractivity contribution < 1.29 is 19.0 Å². The van der Waals surface area contributed by atoms with E-state index in [-0.39, 0.29) is 35.9 Å². The first-order valence-corrected chi connectivity index (χ1v) is 8.82. The molecular formula is C16H24ClN5O4. The molecule has 2 aromatic rings. The molecule has 144 valence electrons. The van der Waals surface area contributed by atoms with Gasteiger partial charge >= 0.3 is 5.97 Å². The van der Waals surface area contributed by atoms with E-state index in [1.807, 2.05) is 18.4 Å². The Morgan fingerprint density at radius 3 is 2.62 bits per heavy atom. The maximum absolute atomic E-state index is 11.2. The van der Waals surface area contributed by atoms with Crippen molar-refractivity contribution in [1.82, 2.24) is 19.5 Å². The molecule has 1 atom stereocenters. The van der Waals surface area contributed by atoms with Gasteiger partial charge in [-0.2, -0.15) is 9.97 Å². The van der Waals surface area contributed by atoms with Gasteiger partial charge in [-0.1, -0.05) is 11.6 Å². The van der Waals surface area contributed by atoms with Crippen LogP contribution < -0.4 is 5.73 Å². The number of anilines is 1. The lowest BCUT2D eigenvalue weighted by atomic mass is 10.1. The van der Waals surface area contributed by atoms with E-state index in [2.05, 4.69) is 15.0 Å². The fourth-order valence-corrected chi connectivity index (χ4v) is 2.82. The summed E-state index contributed by atoms with van der Waals surface area (Å²) in [6, 6.07) is 0. The Morgan fingerprint density at radius 1 is 1.31 bits per heavy atom. The Balaban J connectivity index is 2.21. The number of nitrogens with two attached hydrogens (primary N) is 1. The SMILES string of the molecule is CCOC(CC(COC(C)=O)Cn1cnc2c(Cl)nc(N)nc21)OCC. The smallest absolute Gasteiger partial charge is 0.302 e. The third-order valence-electron chi connectivity index (χ3n) is 3.65. The highest BCUT2D eigenvalue weighted by atomic mass is 35.5. The van der Waals surface area contributed by atoms with Gasteiger partial charge in [0, 0.05) is 39.0 Å². The second-order valence-electron chi connectivity index (χ2n) is 5.69. The second kappa shape index (κ2) is 9.65.